The summed E-state index contributed by atoms with van der Waals surface area (Å²) >= 11 is 0. The van der Waals surface area contributed by atoms with Crippen LogP contribution in [0, 0.1) is 5.41 Å². The van der Waals surface area contributed by atoms with Crippen LogP contribution in [0.4, 0.5) is 0 Å². The van der Waals surface area contributed by atoms with E-state index in [2.05, 4.69) is 18.2 Å². The van der Waals surface area contributed by atoms with Crippen molar-refractivity contribution in [1.82, 2.24) is 0 Å². The number of Topliss-reactive ketones (excluding diaryl/α,β-unsaturated/α-hetero) is 1. The lowest BCUT2D eigenvalue weighted by atomic mass is 9.78. The van der Waals surface area contributed by atoms with Gasteiger partial charge < -0.3 is 4.74 Å². The van der Waals surface area contributed by atoms with Gasteiger partial charge in [0.2, 0.25) is 0 Å². The van der Waals surface area contributed by atoms with Gasteiger partial charge in [0.05, 0.1) is 11.5 Å². The minimum absolute atomic E-state index is 0.126. The largest absolute Gasteiger partial charge is 0.376 e. The third-order valence-corrected chi connectivity index (χ3v) is 4.80. The highest BCUT2D eigenvalue weighted by Crippen LogP contribution is 2.54. The van der Waals surface area contributed by atoms with Gasteiger partial charge in [-0.1, -0.05) is 48.5 Å². The monoisotopic (exact) mass is 264 g/mol. The maximum atomic E-state index is 13.0. The van der Waals surface area contributed by atoms with Gasteiger partial charge in [-0.05, 0) is 29.5 Å². The Kier molecular flexibility index (Phi) is 2.39. The molecule has 0 amide bonds. The highest BCUT2D eigenvalue weighted by atomic mass is 16.5. The molecule has 0 aliphatic heterocycles. The quantitative estimate of drug-likeness (QED) is 0.789. The number of hydrogen-bond donors (Lipinski definition) is 0. The summed E-state index contributed by atoms with van der Waals surface area (Å²) < 4.78 is 5.76. The van der Waals surface area contributed by atoms with E-state index in [1.165, 1.54) is 11.1 Å². The minimum Gasteiger partial charge on any atom is -0.376 e. The number of ketones is 1. The van der Waals surface area contributed by atoms with Crippen molar-refractivity contribution in [3.63, 3.8) is 0 Å². The maximum absolute atomic E-state index is 13.0. The van der Waals surface area contributed by atoms with Crippen molar-refractivity contribution in [2.75, 3.05) is 7.11 Å². The number of hydrogen-bond acceptors (Lipinski definition) is 2. The molecule has 0 heterocycles. The second kappa shape index (κ2) is 4.03. The summed E-state index contributed by atoms with van der Waals surface area (Å²) in [4.78, 5) is 13.0. The van der Waals surface area contributed by atoms with E-state index in [0.29, 0.717) is 0 Å². The lowest BCUT2D eigenvalue weighted by Crippen LogP contribution is -2.33. The third-order valence-electron chi connectivity index (χ3n) is 4.80. The van der Waals surface area contributed by atoms with Gasteiger partial charge in [0.15, 0.2) is 5.78 Å². The summed E-state index contributed by atoms with van der Waals surface area (Å²) in [7, 11) is 1.71. The van der Waals surface area contributed by atoms with E-state index in [4.69, 9.17) is 4.74 Å². The Bertz CT molecular complexity index is 700. The standard InChI is InChI=1S/C18H16O2/c1-20-17-15-9-5-3-7-13(15)11-18(17)10-12-6-2-4-8-14(12)16(18)19/h2-9,17H,10-11H2,1H3. The first kappa shape index (κ1) is 11.9. The first-order chi connectivity index (χ1) is 9.76. The zero-order valence-corrected chi connectivity index (χ0v) is 11.4. The van der Waals surface area contributed by atoms with Crippen LogP contribution in [0.1, 0.15) is 33.2 Å². The van der Waals surface area contributed by atoms with Crippen LogP contribution in [0.25, 0.3) is 0 Å². The van der Waals surface area contributed by atoms with E-state index in [1.807, 2.05) is 30.3 Å². The fourth-order valence-corrected chi connectivity index (χ4v) is 3.97. The number of ether oxygens (including phenoxy) is 1. The Hall–Kier alpha value is -1.93. The Morgan fingerprint density at radius 2 is 1.65 bits per heavy atom. The van der Waals surface area contributed by atoms with Crippen molar-refractivity contribution in [1.29, 1.82) is 0 Å². The highest BCUT2D eigenvalue weighted by molar-refractivity contribution is 6.06. The first-order valence-corrected chi connectivity index (χ1v) is 6.99. The summed E-state index contributed by atoms with van der Waals surface area (Å²) in [5, 5.41) is 0. The number of benzene rings is 2. The third kappa shape index (κ3) is 1.35. The predicted molar refractivity (Wildman–Crippen MR) is 76.8 cm³/mol. The van der Waals surface area contributed by atoms with E-state index in [-0.39, 0.29) is 11.9 Å². The van der Waals surface area contributed by atoms with E-state index >= 15 is 0 Å². The van der Waals surface area contributed by atoms with Crippen LogP contribution in [-0.2, 0) is 17.6 Å². The molecule has 0 bridgehead atoms. The summed E-state index contributed by atoms with van der Waals surface area (Å²) in [5.41, 5.74) is 4.04. The Balaban J connectivity index is 1.87. The molecule has 0 radical (unpaired) electrons. The van der Waals surface area contributed by atoms with Crippen molar-refractivity contribution in [3.8, 4) is 0 Å². The van der Waals surface area contributed by atoms with E-state index in [1.54, 1.807) is 7.11 Å². The maximum Gasteiger partial charge on any atom is 0.172 e. The normalized spacial score (nSPS) is 26.9. The molecule has 100 valence electrons. The molecule has 2 nitrogen and oxygen atoms in total. The van der Waals surface area contributed by atoms with Gasteiger partial charge in [-0.2, -0.15) is 0 Å². The highest BCUT2D eigenvalue weighted by Gasteiger charge is 2.55. The van der Waals surface area contributed by atoms with Gasteiger partial charge in [-0.15, -0.1) is 0 Å². The van der Waals surface area contributed by atoms with Crippen LogP contribution in [0.3, 0.4) is 0 Å². The average Bonchev–Trinajstić information content (AvgIpc) is 2.94. The van der Waals surface area contributed by atoms with Gasteiger partial charge in [-0.3, -0.25) is 4.79 Å². The summed E-state index contributed by atoms with van der Waals surface area (Å²) in [6, 6.07) is 16.2. The molecule has 2 heteroatoms. The van der Waals surface area contributed by atoms with Crippen LogP contribution in [-0.4, -0.2) is 12.9 Å². The topological polar surface area (TPSA) is 26.3 Å². The van der Waals surface area contributed by atoms with E-state index in [9.17, 15) is 4.79 Å². The van der Waals surface area contributed by atoms with Crippen molar-refractivity contribution < 1.29 is 9.53 Å². The fourth-order valence-electron chi connectivity index (χ4n) is 3.97. The number of fused-ring (bicyclic) bond motifs is 2. The lowest BCUT2D eigenvalue weighted by molar-refractivity contribution is 0.00905. The van der Waals surface area contributed by atoms with E-state index in [0.717, 1.165) is 24.0 Å². The molecule has 2 aliphatic carbocycles. The average molecular weight is 264 g/mol. The van der Waals surface area contributed by atoms with Gasteiger partial charge >= 0.3 is 0 Å². The predicted octanol–water partition coefficient (Wildman–Crippen LogP) is 3.36. The Labute approximate surface area is 118 Å². The molecular formula is C18H16O2. The molecule has 20 heavy (non-hydrogen) atoms. The van der Waals surface area contributed by atoms with Gasteiger partial charge in [0.1, 0.15) is 0 Å². The molecule has 1 spiro atoms. The summed E-state index contributed by atoms with van der Waals surface area (Å²) in [6.45, 7) is 0. The van der Waals surface area contributed by atoms with Crippen molar-refractivity contribution in [2.45, 2.75) is 18.9 Å². The molecule has 0 N–H and O–H groups in total. The number of methoxy groups -OCH3 is 1. The summed E-state index contributed by atoms with van der Waals surface area (Å²) in [6.07, 6.45) is 1.45. The molecule has 0 aromatic heterocycles. The second-order valence-electron chi connectivity index (χ2n) is 5.81. The van der Waals surface area contributed by atoms with Crippen LogP contribution >= 0.6 is 0 Å². The van der Waals surface area contributed by atoms with Crippen LogP contribution < -0.4 is 0 Å². The first-order valence-electron chi connectivity index (χ1n) is 6.99. The zero-order chi connectivity index (χ0) is 13.7. The second-order valence-corrected chi connectivity index (χ2v) is 5.81. The Morgan fingerprint density at radius 3 is 2.40 bits per heavy atom. The van der Waals surface area contributed by atoms with Gasteiger partial charge in [0.25, 0.3) is 0 Å². The van der Waals surface area contributed by atoms with Crippen LogP contribution in [0.15, 0.2) is 48.5 Å². The molecular weight excluding hydrogens is 248 g/mol. The summed E-state index contributed by atoms with van der Waals surface area (Å²) in [5.74, 6) is 0.246. The van der Waals surface area contributed by atoms with Crippen molar-refractivity contribution in [2.24, 2.45) is 5.41 Å². The molecule has 2 atom stereocenters. The molecule has 4 rings (SSSR count). The molecule has 0 saturated heterocycles. The number of carbonyl (C=O) groups is 1. The molecule has 2 aromatic rings. The molecule has 0 fully saturated rings. The SMILES string of the molecule is COC1c2ccccc2CC12Cc1ccccc1C2=O. The molecule has 2 unspecified atom stereocenters. The minimum atomic E-state index is -0.428. The molecule has 2 aliphatic rings. The molecule has 2 aromatic carbocycles. The molecule has 0 saturated carbocycles. The van der Waals surface area contributed by atoms with Crippen LogP contribution in [0.2, 0.25) is 0 Å². The number of rotatable bonds is 1. The van der Waals surface area contributed by atoms with Gasteiger partial charge in [-0.25, -0.2) is 0 Å². The number of carbonyl (C=O) groups excluding carboxylic acids is 1. The zero-order valence-electron chi connectivity index (χ0n) is 11.4. The smallest absolute Gasteiger partial charge is 0.172 e. The van der Waals surface area contributed by atoms with Crippen LogP contribution in [0.5, 0.6) is 0 Å². The van der Waals surface area contributed by atoms with Gasteiger partial charge in [0, 0.05) is 12.7 Å². The lowest BCUT2D eigenvalue weighted by Gasteiger charge is -2.28. The van der Waals surface area contributed by atoms with Crippen molar-refractivity contribution in [3.05, 3.63) is 70.8 Å². The van der Waals surface area contributed by atoms with E-state index < -0.39 is 5.41 Å². The Morgan fingerprint density at radius 1 is 1.00 bits per heavy atom. The van der Waals surface area contributed by atoms with Crippen molar-refractivity contribution >= 4 is 5.78 Å². The fraction of sp³-hybridized carbons (Fsp3) is 0.278.